The summed E-state index contributed by atoms with van der Waals surface area (Å²) in [7, 11) is 0. The van der Waals surface area contributed by atoms with Crippen LogP contribution in [0.3, 0.4) is 0 Å². The van der Waals surface area contributed by atoms with E-state index in [4.69, 9.17) is 4.74 Å². The number of fused-ring (bicyclic) bond motifs is 3. The first-order valence-corrected chi connectivity index (χ1v) is 8.28. The predicted molar refractivity (Wildman–Crippen MR) is 79.3 cm³/mol. The van der Waals surface area contributed by atoms with Gasteiger partial charge in [0.1, 0.15) is 0 Å². The van der Waals surface area contributed by atoms with E-state index < -0.39 is 0 Å². The van der Waals surface area contributed by atoms with Gasteiger partial charge < -0.3 is 14.5 Å². The molecule has 2 amide bonds. The Hall–Kier alpha value is -1.96. The zero-order valence-corrected chi connectivity index (χ0v) is 13.1. The molecule has 0 aliphatic carbocycles. The first-order valence-electron chi connectivity index (χ1n) is 8.28. The van der Waals surface area contributed by atoms with Crippen molar-refractivity contribution in [2.24, 2.45) is 0 Å². The van der Waals surface area contributed by atoms with Crippen LogP contribution in [0.4, 0.5) is 0 Å². The van der Waals surface area contributed by atoms with Gasteiger partial charge in [-0.25, -0.2) is 4.68 Å². The lowest BCUT2D eigenvalue weighted by Crippen LogP contribution is -2.50. The van der Waals surface area contributed by atoms with Crippen LogP contribution in [0.5, 0.6) is 0 Å². The van der Waals surface area contributed by atoms with E-state index >= 15 is 0 Å². The average Bonchev–Trinajstić information content (AvgIpc) is 3.20. The van der Waals surface area contributed by atoms with Crippen LogP contribution in [-0.4, -0.2) is 68.9 Å². The number of amides is 2. The molecule has 0 radical (unpaired) electrons. The lowest BCUT2D eigenvalue weighted by Gasteiger charge is -2.41. The summed E-state index contributed by atoms with van der Waals surface area (Å²) >= 11 is 0. The van der Waals surface area contributed by atoms with Crippen LogP contribution >= 0.6 is 0 Å². The minimum Gasteiger partial charge on any atom is -0.370 e. The molecule has 4 heterocycles. The third-order valence-electron chi connectivity index (χ3n) is 5.05. The van der Waals surface area contributed by atoms with E-state index in [1.54, 1.807) is 11.1 Å². The van der Waals surface area contributed by atoms with Crippen molar-refractivity contribution in [3.63, 3.8) is 0 Å². The molecule has 8 nitrogen and oxygen atoms in total. The topological polar surface area (TPSA) is 80.6 Å². The van der Waals surface area contributed by atoms with Gasteiger partial charge in [-0.05, 0) is 12.8 Å². The van der Waals surface area contributed by atoms with Gasteiger partial charge in [0.05, 0.1) is 30.6 Å². The van der Waals surface area contributed by atoms with Gasteiger partial charge in [-0.15, -0.1) is 5.10 Å². The zero-order valence-electron chi connectivity index (χ0n) is 13.1. The van der Waals surface area contributed by atoms with Crippen molar-refractivity contribution in [2.75, 3.05) is 26.2 Å². The lowest BCUT2D eigenvalue weighted by atomic mass is 10.00. The quantitative estimate of drug-likeness (QED) is 0.781. The summed E-state index contributed by atoms with van der Waals surface area (Å²) in [6.45, 7) is 3.17. The van der Waals surface area contributed by atoms with Crippen LogP contribution in [-0.2, 0) is 20.9 Å². The normalized spacial score (nSPS) is 27.0. The van der Waals surface area contributed by atoms with E-state index in [0.717, 1.165) is 25.1 Å². The van der Waals surface area contributed by atoms with Crippen molar-refractivity contribution in [1.29, 1.82) is 0 Å². The maximum absolute atomic E-state index is 12.5. The number of carbonyl (C=O) groups is 2. The molecule has 2 fully saturated rings. The number of likely N-dealkylation sites (tertiary alicyclic amines) is 2. The Balaban J connectivity index is 1.37. The van der Waals surface area contributed by atoms with Gasteiger partial charge in [0.25, 0.3) is 0 Å². The highest BCUT2D eigenvalue weighted by Crippen LogP contribution is 2.30. The Labute approximate surface area is 134 Å². The number of carbonyl (C=O) groups excluding carboxylic acids is 2. The maximum Gasteiger partial charge on any atom is 0.224 e. The van der Waals surface area contributed by atoms with Gasteiger partial charge in [0.2, 0.25) is 11.8 Å². The molecule has 3 aliphatic heterocycles. The van der Waals surface area contributed by atoms with E-state index in [0.29, 0.717) is 39.1 Å². The minimum atomic E-state index is 0.0485. The molecule has 3 aliphatic rings. The van der Waals surface area contributed by atoms with E-state index in [1.807, 2.05) is 9.58 Å². The number of nitrogens with zero attached hydrogens (tertiary/aromatic N) is 5. The molecule has 2 saturated heterocycles. The molecular formula is C15H21N5O3. The molecule has 0 spiro atoms. The molecule has 2 atom stereocenters. The van der Waals surface area contributed by atoms with Crippen molar-refractivity contribution in [1.82, 2.24) is 24.8 Å². The molecule has 1 aromatic heterocycles. The summed E-state index contributed by atoms with van der Waals surface area (Å²) in [5.74, 6) is 0.278. The van der Waals surface area contributed by atoms with Gasteiger partial charge in [-0.1, -0.05) is 5.21 Å². The van der Waals surface area contributed by atoms with Crippen LogP contribution < -0.4 is 0 Å². The van der Waals surface area contributed by atoms with Crippen LogP contribution in [0, 0.1) is 0 Å². The first-order chi connectivity index (χ1) is 11.2. The summed E-state index contributed by atoms with van der Waals surface area (Å²) in [5.41, 5.74) is 0.961. The van der Waals surface area contributed by atoms with Crippen molar-refractivity contribution >= 4 is 11.8 Å². The molecule has 23 heavy (non-hydrogen) atoms. The highest BCUT2D eigenvalue weighted by atomic mass is 16.5. The molecule has 0 saturated carbocycles. The van der Waals surface area contributed by atoms with E-state index in [2.05, 4.69) is 10.3 Å². The maximum atomic E-state index is 12.5. The average molecular weight is 319 g/mol. The third kappa shape index (κ3) is 2.71. The Morgan fingerprint density at radius 2 is 2.30 bits per heavy atom. The van der Waals surface area contributed by atoms with Crippen LogP contribution in [0.1, 0.15) is 37.4 Å². The second kappa shape index (κ2) is 5.92. The van der Waals surface area contributed by atoms with Crippen LogP contribution in [0.15, 0.2) is 6.20 Å². The Kier molecular flexibility index (Phi) is 3.76. The van der Waals surface area contributed by atoms with Crippen molar-refractivity contribution in [3.05, 3.63) is 11.9 Å². The zero-order chi connectivity index (χ0) is 15.8. The van der Waals surface area contributed by atoms with Crippen molar-refractivity contribution in [3.8, 4) is 0 Å². The smallest absolute Gasteiger partial charge is 0.224 e. The number of aromatic nitrogens is 3. The number of hydrogen-bond donors (Lipinski definition) is 0. The predicted octanol–water partition coefficient (Wildman–Crippen LogP) is -0.0372. The van der Waals surface area contributed by atoms with Crippen molar-refractivity contribution in [2.45, 2.75) is 44.4 Å². The molecular weight excluding hydrogens is 298 g/mol. The third-order valence-corrected chi connectivity index (χ3v) is 5.05. The highest BCUT2D eigenvalue weighted by Gasteiger charge is 2.37. The molecule has 4 rings (SSSR count). The Morgan fingerprint density at radius 3 is 3.13 bits per heavy atom. The summed E-state index contributed by atoms with van der Waals surface area (Å²) in [6.07, 6.45) is 4.57. The van der Waals surface area contributed by atoms with E-state index in [1.165, 1.54) is 0 Å². The second-order valence-corrected chi connectivity index (χ2v) is 6.45. The summed E-state index contributed by atoms with van der Waals surface area (Å²) in [6, 6.07) is 0.0485. The minimum absolute atomic E-state index is 0.0485. The summed E-state index contributed by atoms with van der Waals surface area (Å²) < 4.78 is 7.76. The molecule has 0 N–H and O–H groups in total. The monoisotopic (exact) mass is 319 g/mol. The molecule has 0 bridgehead atoms. The molecule has 124 valence electrons. The van der Waals surface area contributed by atoms with Gasteiger partial charge in [-0.3, -0.25) is 9.59 Å². The molecule has 0 unspecified atom stereocenters. The standard InChI is InChI=1S/C15H21N5O3/c21-14-2-1-5-18(14)7-4-15(22)19-6-3-13-12(9-19)20-11(10-23-13)8-16-17-20/h8,12-13H,1-7,9-10H2/t12-,13-/m1/s1. The SMILES string of the molecule is O=C1CCCN1CCC(=O)N1CC[C@H]2OCc3cnnn3[C@@H]2C1. The second-order valence-electron chi connectivity index (χ2n) is 6.45. The fourth-order valence-electron chi connectivity index (χ4n) is 3.73. The molecule has 0 aromatic carbocycles. The lowest BCUT2D eigenvalue weighted by molar-refractivity contribution is -0.138. The van der Waals surface area contributed by atoms with Gasteiger partial charge in [0, 0.05) is 39.0 Å². The number of hydrogen-bond acceptors (Lipinski definition) is 5. The number of piperidine rings is 1. The Morgan fingerprint density at radius 1 is 1.39 bits per heavy atom. The van der Waals surface area contributed by atoms with Crippen LogP contribution in [0.25, 0.3) is 0 Å². The van der Waals surface area contributed by atoms with Crippen LogP contribution in [0.2, 0.25) is 0 Å². The number of ether oxygens (including phenoxy) is 1. The van der Waals surface area contributed by atoms with E-state index in [-0.39, 0.29) is 24.0 Å². The Bertz CT molecular complexity index is 616. The van der Waals surface area contributed by atoms with Gasteiger partial charge in [-0.2, -0.15) is 0 Å². The summed E-state index contributed by atoms with van der Waals surface area (Å²) in [4.78, 5) is 27.8. The van der Waals surface area contributed by atoms with E-state index in [9.17, 15) is 9.59 Å². The summed E-state index contributed by atoms with van der Waals surface area (Å²) in [5, 5.41) is 8.10. The van der Waals surface area contributed by atoms with Crippen molar-refractivity contribution < 1.29 is 14.3 Å². The highest BCUT2D eigenvalue weighted by molar-refractivity contribution is 5.80. The fraction of sp³-hybridized carbons (Fsp3) is 0.733. The fourth-order valence-corrected chi connectivity index (χ4v) is 3.73. The molecule has 8 heteroatoms. The largest absolute Gasteiger partial charge is 0.370 e. The van der Waals surface area contributed by atoms with Gasteiger partial charge >= 0.3 is 0 Å². The van der Waals surface area contributed by atoms with Gasteiger partial charge in [0.15, 0.2) is 0 Å². The number of rotatable bonds is 3. The molecule has 1 aromatic rings. The first kappa shape index (κ1) is 14.6.